The predicted octanol–water partition coefficient (Wildman–Crippen LogP) is 2.69. The molecule has 19 heavy (non-hydrogen) atoms. The van der Waals surface area contributed by atoms with Crippen molar-refractivity contribution in [1.82, 2.24) is 0 Å². The summed E-state index contributed by atoms with van der Waals surface area (Å²) in [7, 11) is 0. The highest BCUT2D eigenvalue weighted by Gasteiger charge is 2.18. The zero-order valence-electron chi connectivity index (χ0n) is 11.0. The average molecular weight is 265 g/mol. The maximum absolute atomic E-state index is 13.9. The minimum atomic E-state index is -0.449. The van der Waals surface area contributed by atoms with E-state index in [0.717, 1.165) is 31.6 Å². The maximum Gasteiger partial charge on any atom is 0.175 e. The summed E-state index contributed by atoms with van der Waals surface area (Å²) < 4.78 is 13.9. The Morgan fingerprint density at radius 3 is 2.42 bits per heavy atom. The minimum absolute atomic E-state index is 0.171. The van der Waals surface area contributed by atoms with E-state index in [1.165, 1.54) is 25.3 Å². The van der Waals surface area contributed by atoms with E-state index in [1.807, 2.05) is 6.07 Å². The third-order valence-corrected chi connectivity index (χ3v) is 3.55. The third kappa shape index (κ3) is 3.16. The van der Waals surface area contributed by atoms with Crippen LogP contribution >= 0.6 is 0 Å². The van der Waals surface area contributed by atoms with E-state index in [1.54, 1.807) is 6.07 Å². The zero-order chi connectivity index (χ0) is 13.7. The molecule has 0 bridgehead atoms. The van der Waals surface area contributed by atoms with Gasteiger partial charge in [-0.15, -0.1) is 0 Å². The lowest BCUT2D eigenvalue weighted by molar-refractivity contribution is 0.318. The molecule has 5 heteroatoms. The second-order valence-electron chi connectivity index (χ2n) is 4.87. The molecule has 0 aliphatic carbocycles. The van der Waals surface area contributed by atoms with Gasteiger partial charge in [0.05, 0.1) is 11.3 Å². The lowest BCUT2D eigenvalue weighted by Gasteiger charge is -2.28. The van der Waals surface area contributed by atoms with Crippen molar-refractivity contribution in [3.63, 3.8) is 0 Å². The number of anilines is 1. The Balaban J connectivity index is 2.34. The molecule has 4 nitrogen and oxygen atoms in total. The van der Waals surface area contributed by atoms with Crippen LogP contribution in [0.5, 0.6) is 0 Å². The first-order valence-electron chi connectivity index (χ1n) is 6.75. The fraction of sp³-hybridized carbons (Fsp3) is 0.500. The van der Waals surface area contributed by atoms with Gasteiger partial charge >= 0.3 is 0 Å². The third-order valence-electron chi connectivity index (χ3n) is 3.55. The molecule has 0 saturated carbocycles. The Labute approximate surface area is 112 Å². The van der Waals surface area contributed by atoms with Crippen LogP contribution in [-0.4, -0.2) is 24.1 Å². The van der Waals surface area contributed by atoms with Crippen LogP contribution in [0.3, 0.4) is 0 Å². The fourth-order valence-electron chi connectivity index (χ4n) is 2.57. The van der Waals surface area contributed by atoms with Gasteiger partial charge in [-0.05, 0) is 25.0 Å². The molecule has 1 aromatic rings. The van der Waals surface area contributed by atoms with Crippen molar-refractivity contribution >= 4 is 11.5 Å². The molecule has 0 aromatic heterocycles. The molecular formula is C14H20FN3O. The Morgan fingerprint density at radius 1 is 1.16 bits per heavy atom. The molecule has 1 heterocycles. The molecule has 1 aliphatic rings. The Kier molecular flexibility index (Phi) is 4.60. The van der Waals surface area contributed by atoms with Crippen molar-refractivity contribution in [2.45, 2.75) is 32.1 Å². The van der Waals surface area contributed by atoms with Gasteiger partial charge in [0.15, 0.2) is 5.84 Å². The molecule has 1 saturated heterocycles. The van der Waals surface area contributed by atoms with E-state index in [0.29, 0.717) is 0 Å². The van der Waals surface area contributed by atoms with Gasteiger partial charge in [-0.2, -0.15) is 0 Å². The van der Waals surface area contributed by atoms with E-state index in [4.69, 9.17) is 10.9 Å². The summed E-state index contributed by atoms with van der Waals surface area (Å²) in [5.41, 5.74) is 6.53. The molecular weight excluding hydrogens is 245 g/mol. The quantitative estimate of drug-likeness (QED) is 0.374. The number of halogens is 1. The summed E-state index contributed by atoms with van der Waals surface area (Å²) >= 11 is 0. The largest absolute Gasteiger partial charge is 0.409 e. The minimum Gasteiger partial charge on any atom is -0.409 e. The van der Waals surface area contributed by atoms with Crippen molar-refractivity contribution in [2.24, 2.45) is 10.9 Å². The van der Waals surface area contributed by atoms with E-state index in [-0.39, 0.29) is 11.4 Å². The first kappa shape index (κ1) is 13.6. The molecule has 0 amide bonds. The van der Waals surface area contributed by atoms with Crippen LogP contribution in [-0.2, 0) is 0 Å². The Morgan fingerprint density at radius 2 is 1.79 bits per heavy atom. The van der Waals surface area contributed by atoms with Crippen molar-refractivity contribution in [3.8, 4) is 0 Å². The smallest absolute Gasteiger partial charge is 0.175 e. The highest BCUT2D eigenvalue weighted by atomic mass is 19.1. The van der Waals surface area contributed by atoms with Gasteiger partial charge in [0.2, 0.25) is 0 Å². The number of benzene rings is 1. The number of amidine groups is 1. The van der Waals surface area contributed by atoms with Gasteiger partial charge in [-0.25, -0.2) is 4.39 Å². The predicted molar refractivity (Wildman–Crippen MR) is 74.2 cm³/mol. The van der Waals surface area contributed by atoms with E-state index >= 15 is 0 Å². The molecule has 1 aromatic carbocycles. The topological polar surface area (TPSA) is 61.9 Å². The second-order valence-corrected chi connectivity index (χ2v) is 4.87. The molecule has 2 rings (SSSR count). The zero-order valence-corrected chi connectivity index (χ0v) is 11.0. The molecule has 0 atom stereocenters. The van der Waals surface area contributed by atoms with Crippen LogP contribution in [0.1, 0.15) is 37.7 Å². The molecule has 1 fully saturated rings. The van der Waals surface area contributed by atoms with E-state index in [2.05, 4.69) is 10.1 Å². The molecule has 3 N–H and O–H groups in total. The number of nitrogens with zero attached hydrogens (tertiary/aromatic N) is 2. The summed E-state index contributed by atoms with van der Waals surface area (Å²) in [6, 6.07) is 4.83. The van der Waals surface area contributed by atoms with Gasteiger partial charge in [-0.1, -0.05) is 30.5 Å². The standard InChI is InChI=1S/C14H20FN3O/c15-11-7-6-8-12(13(11)14(16)17-19)18-9-4-2-1-3-5-10-18/h6-8,19H,1-5,9-10H2,(H2,16,17). The van der Waals surface area contributed by atoms with E-state index < -0.39 is 5.82 Å². The fourth-order valence-corrected chi connectivity index (χ4v) is 2.57. The van der Waals surface area contributed by atoms with Gasteiger partial charge in [0.25, 0.3) is 0 Å². The summed E-state index contributed by atoms with van der Waals surface area (Å²) in [4.78, 5) is 2.13. The average Bonchev–Trinajstić information content (AvgIpc) is 2.37. The lowest BCUT2D eigenvalue weighted by Crippen LogP contribution is -2.30. The Bertz CT molecular complexity index is 454. The normalized spacial score (nSPS) is 17.9. The van der Waals surface area contributed by atoms with Crippen LogP contribution in [0.15, 0.2) is 23.4 Å². The van der Waals surface area contributed by atoms with Gasteiger partial charge in [0, 0.05) is 13.1 Å². The van der Waals surface area contributed by atoms with E-state index in [9.17, 15) is 4.39 Å². The van der Waals surface area contributed by atoms with Gasteiger partial charge in [-0.3, -0.25) is 0 Å². The SMILES string of the molecule is NC(=NO)c1c(F)cccc1N1CCCCCCC1. The monoisotopic (exact) mass is 265 g/mol. The van der Waals surface area contributed by atoms with Crippen molar-refractivity contribution in [1.29, 1.82) is 0 Å². The van der Waals surface area contributed by atoms with Crippen LogP contribution in [0.25, 0.3) is 0 Å². The van der Waals surface area contributed by atoms with Crippen LogP contribution < -0.4 is 10.6 Å². The van der Waals surface area contributed by atoms with Crippen LogP contribution in [0, 0.1) is 5.82 Å². The number of nitrogens with two attached hydrogens (primary N) is 1. The summed E-state index contributed by atoms with van der Waals surface area (Å²) in [5, 5.41) is 11.8. The highest BCUT2D eigenvalue weighted by Crippen LogP contribution is 2.25. The first-order valence-corrected chi connectivity index (χ1v) is 6.75. The number of hydrogen-bond acceptors (Lipinski definition) is 3. The molecule has 0 unspecified atom stereocenters. The van der Waals surface area contributed by atoms with Crippen LogP contribution in [0.4, 0.5) is 10.1 Å². The highest BCUT2D eigenvalue weighted by molar-refractivity contribution is 6.02. The van der Waals surface area contributed by atoms with Crippen molar-refractivity contribution in [3.05, 3.63) is 29.6 Å². The second kappa shape index (κ2) is 6.41. The maximum atomic E-state index is 13.9. The lowest BCUT2D eigenvalue weighted by atomic mass is 10.1. The molecule has 104 valence electrons. The van der Waals surface area contributed by atoms with Crippen LogP contribution in [0.2, 0.25) is 0 Å². The summed E-state index contributed by atoms with van der Waals surface area (Å²) in [6.07, 6.45) is 5.85. The first-order chi connectivity index (χ1) is 9.24. The van der Waals surface area contributed by atoms with Crippen molar-refractivity contribution in [2.75, 3.05) is 18.0 Å². The van der Waals surface area contributed by atoms with Gasteiger partial charge in [0.1, 0.15) is 5.82 Å². The number of oxime groups is 1. The summed E-state index contributed by atoms with van der Waals surface area (Å²) in [6.45, 7) is 1.77. The van der Waals surface area contributed by atoms with Crippen molar-refractivity contribution < 1.29 is 9.60 Å². The Hall–Kier alpha value is -1.78. The molecule has 0 spiro atoms. The number of hydrogen-bond donors (Lipinski definition) is 2. The summed E-state index contributed by atoms with van der Waals surface area (Å²) in [5.74, 6) is -0.620. The molecule has 1 aliphatic heterocycles. The molecule has 0 radical (unpaired) electrons. The number of rotatable bonds is 2. The van der Waals surface area contributed by atoms with Gasteiger partial charge < -0.3 is 15.8 Å².